The minimum atomic E-state index is 0.883. The molecule has 0 spiro atoms. The molecule has 1 heterocycles. The number of anilines is 1. The van der Waals surface area contributed by atoms with Crippen LogP contribution in [0.4, 0.5) is 5.00 Å². The van der Waals surface area contributed by atoms with Crippen molar-refractivity contribution in [3.8, 4) is 0 Å². The Kier molecular flexibility index (Phi) is 3.97. The third-order valence-electron chi connectivity index (χ3n) is 2.31. The SMILES string of the molecule is CN=C(Nc1sc(C)cc1Br)c1ccccc1. The summed E-state index contributed by atoms with van der Waals surface area (Å²) in [7, 11) is 1.80. The second kappa shape index (κ2) is 5.47. The molecule has 0 fully saturated rings. The average Bonchev–Trinajstić information content (AvgIpc) is 2.66. The summed E-state index contributed by atoms with van der Waals surface area (Å²) in [4.78, 5) is 5.56. The van der Waals surface area contributed by atoms with E-state index in [-0.39, 0.29) is 0 Å². The monoisotopic (exact) mass is 308 g/mol. The Bertz CT molecular complexity index is 532. The summed E-state index contributed by atoms with van der Waals surface area (Å²) in [6.45, 7) is 2.09. The molecule has 88 valence electrons. The van der Waals surface area contributed by atoms with Crippen LogP contribution in [0.1, 0.15) is 10.4 Å². The highest BCUT2D eigenvalue weighted by Gasteiger charge is 2.08. The van der Waals surface area contributed by atoms with Gasteiger partial charge in [0, 0.05) is 17.5 Å². The Morgan fingerprint density at radius 3 is 2.53 bits per heavy atom. The van der Waals surface area contributed by atoms with Gasteiger partial charge >= 0.3 is 0 Å². The number of amidine groups is 1. The maximum Gasteiger partial charge on any atom is 0.133 e. The van der Waals surface area contributed by atoms with Crippen molar-refractivity contribution in [1.29, 1.82) is 0 Å². The van der Waals surface area contributed by atoms with Crippen LogP contribution >= 0.6 is 27.3 Å². The summed E-state index contributed by atoms with van der Waals surface area (Å²) in [5.74, 6) is 0.883. The minimum Gasteiger partial charge on any atom is -0.331 e. The molecule has 0 aliphatic heterocycles. The molecule has 1 aromatic heterocycles. The zero-order valence-electron chi connectivity index (χ0n) is 9.70. The summed E-state index contributed by atoms with van der Waals surface area (Å²) < 4.78 is 1.08. The van der Waals surface area contributed by atoms with Crippen molar-refractivity contribution < 1.29 is 0 Å². The van der Waals surface area contributed by atoms with Gasteiger partial charge in [0.15, 0.2) is 0 Å². The smallest absolute Gasteiger partial charge is 0.133 e. The molecule has 2 nitrogen and oxygen atoms in total. The summed E-state index contributed by atoms with van der Waals surface area (Å²) >= 11 is 5.25. The van der Waals surface area contributed by atoms with Crippen LogP contribution in [0.3, 0.4) is 0 Å². The first kappa shape index (κ1) is 12.3. The summed E-state index contributed by atoms with van der Waals surface area (Å²) in [6.07, 6.45) is 0. The molecule has 0 atom stereocenters. The van der Waals surface area contributed by atoms with E-state index in [1.54, 1.807) is 18.4 Å². The fraction of sp³-hybridized carbons (Fsp3) is 0.154. The van der Waals surface area contributed by atoms with Crippen LogP contribution in [-0.4, -0.2) is 12.9 Å². The van der Waals surface area contributed by atoms with E-state index < -0.39 is 0 Å². The van der Waals surface area contributed by atoms with Crippen molar-refractivity contribution >= 4 is 38.1 Å². The second-order valence-electron chi connectivity index (χ2n) is 3.60. The third kappa shape index (κ3) is 2.96. The molecule has 0 unspecified atom stereocenters. The minimum absolute atomic E-state index is 0.883. The Hall–Kier alpha value is -1.13. The van der Waals surface area contributed by atoms with Crippen molar-refractivity contribution in [1.82, 2.24) is 0 Å². The van der Waals surface area contributed by atoms with Crippen molar-refractivity contribution in [2.24, 2.45) is 4.99 Å². The number of aliphatic imine (C=N–C) groups is 1. The molecule has 4 heteroatoms. The third-order valence-corrected chi connectivity index (χ3v) is 4.17. The van der Waals surface area contributed by atoms with Gasteiger partial charge in [-0.05, 0) is 28.9 Å². The van der Waals surface area contributed by atoms with E-state index in [0.717, 1.165) is 20.9 Å². The van der Waals surface area contributed by atoms with Crippen LogP contribution in [0.5, 0.6) is 0 Å². The van der Waals surface area contributed by atoms with Gasteiger partial charge in [0.25, 0.3) is 0 Å². The van der Waals surface area contributed by atoms with Gasteiger partial charge in [0.1, 0.15) is 10.8 Å². The molecule has 0 bridgehead atoms. The van der Waals surface area contributed by atoms with Crippen LogP contribution in [0.2, 0.25) is 0 Å². The van der Waals surface area contributed by atoms with E-state index in [2.05, 4.69) is 39.2 Å². The Labute approximate surface area is 114 Å². The van der Waals surface area contributed by atoms with E-state index in [9.17, 15) is 0 Å². The Balaban J connectivity index is 2.25. The maximum atomic E-state index is 4.30. The Morgan fingerprint density at radius 2 is 2.00 bits per heavy atom. The van der Waals surface area contributed by atoms with Crippen LogP contribution in [0.25, 0.3) is 0 Å². The normalized spacial score (nSPS) is 11.6. The topological polar surface area (TPSA) is 24.4 Å². The van der Waals surface area contributed by atoms with Crippen LogP contribution in [0, 0.1) is 6.92 Å². The highest BCUT2D eigenvalue weighted by molar-refractivity contribution is 9.10. The lowest BCUT2D eigenvalue weighted by Gasteiger charge is -2.08. The largest absolute Gasteiger partial charge is 0.331 e. The quantitative estimate of drug-likeness (QED) is 0.649. The fourth-order valence-electron chi connectivity index (χ4n) is 1.53. The number of hydrogen-bond acceptors (Lipinski definition) is 2. The Morgan fingerprint density at radius 1 is 1.29 bits per heavy atom. The van der Waals surface area contributed by atoms with Gasteiger partial charge in [-0.15, -0.1) is 11.3 Å². The van der Waals surface area contributed by atoms with Gasteiger partial charge in [0.2, 0.25) is 0 Å². The van der Waals surface area contributed by atoms with E-state index in [0.29, 0.717) is 0 Å². The lowest BCUT2D eigenvalue weighted by molar-refractivity contribution is 1.41. The molecular formula is C13H13BrN2S. The molecule has 2 aromatic rings. The first-order valence-electron chi connectivity index (χ1n) is 5.26. The van der Waals surface area contributed by atoms with Crippen LogP contribution < -0.4 is 5.32 Å². The number of nitrogens with zero attached hydrogens (tertiary/aromatic N) is 1. The number of hydrogen-bond donors (Lipinski definition) is 1. The highest BCUT2D eigenvalue weighted by Crippen LogP contribution is 2.32. The lowest BCUT2D eigenvalue weighted by Crippen LogP contribution is -2.12. The zero-order chi connectivity index (χ0) is 12.3. The zero-order valence-corrected chi connectivity index (χ0v) is 12.1. The summed E-state index contributed by atoms with van der Waals surface area (Å²) in [5, 5.41) is 4.45. The summed E-state index contributed by atoms with van der Waals surface area (Å²) in [6, 6.07) is 12.2. The number of rotatable bonds is 2. The molecule has 0 aliphatic carbocycles. The van der Waals surface area contributed by atoms with E-state index in [1.165, 1.54) is 4.88 Å². The van der Waals surface area contributed by atoms with Crippen molar-refractivity contribution in [2.45, 2.75) is 6.92 Å². The van der Waals surface area contributed by atoms with Gasteiger partial charge < -0.3 is 5.32 Å². The van der Waals surface area contributed by atoms with E-state index in [4.69, 9.17) is 0 Å². The molecule has 0 saturated carbocycles. The van der Waals surface area contributed by atoms with Gasteiger partial charge in [-0.25, -0.2) is 0 Å². The molecule has 1 aromatic carbocycles. The summed E-state index contributed by atoms with van der Waals surface area (Å²) in [5.41, 5.74) is 1.09. The van der Waals surface area contributed by atoms with Crippen molar-refractivity contribution in [3.05, 3.63) is 51.3 Å². The van der Waals surface area contributed by atoms with Crippen LogP contribution in [-0.2, 0) is 0 Å². The van der Waals surface area contributed by atoms with Crippen molar-refractivity contribution in [2.75, 3.05) is 12.4 Å². The van der Waals surface area contributed by atoms with E-state index >= 15 is 0 Å². The standard InChI is InChI=1S/C13H13BrN2S/c1-9-8-11(14)13(17-9)16-12(15-2)10-6-4-3-5-7-10/h3-8H,1-2H3,(H,15,16). The molecular weight excluding hydrogens is 296 g/mol. The van der Waals surface area contributed by atoms with Gasteiger partial charge in [-0.2, -0.15) is 0 Å². The second-order valence-corrected chi connectivity index (χ2v) is 5.71. The van der Waals surface area contributed by atoms with Gasteiger partial charge in [-0.1, -0.05) is 30.3 Å². The number of thiophene rings is 1. The lowest BCUT2D eigenvalue weighted by atomic mass is 10.2. The number of benzene rings is 1. The fourth-order valence-corrected chi connectivity index (χ4v) is 3.17. The van der Waals surface area contributed by atoms with Gasteiger partial charge in [-0.3, -0.25) is 4.99 Å². The first-order chi connectivity index (χ1) is 8.20. The highest BCUT2D eigenvalue weighted by atomic mass is 79.9. The molecule has 2 rings (SSSR count). The number of halogens is 1. The van der Waals surface area contributed by atoms with Crippen molar-refractivity contribution in [3.63, 3.8) is 0 Å². The predicted molar refractivity (Wildman–Crippen MR) is 79.3 cm³/mol. The first-order valence-corrected chi connectivity index (χ1v) is 6.87. The maximum absolute atomic E-state index is 4.30. The molecule has 17 heavy (non-hydrogen) atoms. The molecule has 0 aliphatic rings. The molecule has 0 amide bonds. The van der Waals surface area contributed by atoms with E-state index in [1.807, 2.05) is 30.3 Å². The average molecular weight is 309 g/mol. The molecule has 0 radical (unpaired) electrons. The number of aryl methyl sites for hydroxylation is 1. The van der Waals surface area contributed by atoms with Gasteiger partial charge in [0.05, 0.1) is 4.47 Å². The molecule has 0 saturated heterocycles. The number of nitrogens with one attached hydrogen (secondary N) is 1. The predicted octanol–water partition coefficient (Wildman–Crippen LogP) is 4.31. The molecule has 1 N–H and O–H groups in total. The van der Waals surface area contributed by atoms with Crippen LogP contribution in [0.15, 0.2) is 45.9 Å².